The van der Waals surface area contributed by atoms with E-state index in [0.717, 1.165) is 44.5 Å². The van der Waals surface area contributed by atoms with Crippen molar-refractivity contribution >= 4 is 17.1 Å². The van der Waals surface area contributed by atoms with Crippen molar-refractivity contribution < 1.29 is 9.13 Å². The molecule has 2 aromatic carbocycles. The third kappa shape index (κ3) is 5.91. The van der Waals surface area contributed by atoms with Gasteiger partial charge in [0.2, 0.25) is 0 Å². The summed E-state index contributed by atoms with van der Waals surface area (Å²) >= 11 is 0. The highest BCUT2D eigenvalue weighted by Crippen LogP contribution is 2.41. The molecular weight excluding hydrogens is 476 g/mol. The summed E-state index contributed by atoms with van der Waals surface area (Å²) in [4.78, 5) is 5.04. The van der Waals surface area contributed by atoms with Crippen LogP contribution in [0, 0.1) is 0 Å². The van der Waals surface area contributed by atoms with E-state index in [-0.39, 0.29) is 0 Å². The highest BCUT2D eigenvalue weighted by Gasteiger charge is 2.27. The van der Waals surface area contributed by atoms with Crippen LogP contribution in [-0.2, 0) is 13.1 Å². The van der Waals surface area contributed by atoms with Gasteiger partial charge in [0.15, 0.2) is 24.8 Å². The topological polar surface area (TPSA) is 32.1 Å². The second kappa shape index (κ2) is 12.0. The molecule has 4 heterocycles. The van der Waals surface area contributed by atoms with Crippen LogP contribution in [0.25, 0.3) is 0 Å². The molecular formula is C35H36N4+2. The van der Waals surface area contributed by atoms with E-state index in [1.165, 1.54) is 28.2 Å². The number of pyridine rings is 2. The van der Waals surface area contributed by atoms with Gasteiger partial charge in [0.05, 0.1) is 5.69 Å². The van der Waals surface area contributed by atoms with Crippen molar-refractivity contribution in [1.29, 1.82) is 0 Å². The molecule has 4 heteroatoms. The van der Waals surface area contributed by atoms with Crippen LogP contribution in [0.2, 0.25) is 0 Å². The number of aryl methyl sites for hydroxylation is 2. The average molecular weight is 513 g/mol. The smallest absolute Gasteiger partial charge is 0.168 e. The van der Waals surface area contributed by atoms with Crippen molar-refractivity contribution in [2.75, 3.05) is 5.32 Å². The first kappa shape index (κ1) is 25.0. The first-order valence-corrected chi connectivity index (χ1v) is 14.1. The third-order valence-electron chi connectivity index (χ3n) is 7.82. The molecule has 2 aliphatic rings. The number of allylic oxidation sites excluding steroid dienone is 4. The lowest BCUT2D eigenvalue weighted by Crippen LogP contribution is -2.32. The Morgan fingerprint density at radius 3 is 2.00 bits per heavy atom. The van der Waals surface area contributed by atoms with Crippen molar-refractivity contribution in [3.63, 3.8) is 0 Å². The molecule has 0 radical (unpaired) electrons. The van der Waals surface area contributed by atoms with E-state index in [1.807, 2.05) is 0 Å². The number of anilines is 1. The second-order valence-electron chi connectivity index (χ2n) is 10.4. The van der Waals surface area contributed by atoms with Crippen LogP contribution in [-0.4, -0.2) is 5.71 Å². The quantitative estimate of drug-likeness (QED) is 0.227. The lowest BCUT2D eigenvalue weighted by atomic mass is 9.90. The molecule has 2 aromatic heterocycles. The van der Waals surface area contributed by atoms with E-state index in [4.69, 9.17) is 4.99 Å². The molecule has 194 valence electrons. The molecule has 0 amide bonds. The van der Waals surface area contributed by atoms with E-state index < -0.39 is 0 Å². The summed E-state index contributed by atoms with van der Waals surface area (Å²) in [6, 6.07) is 29.9. The molecule has 4 aromatic rings. The predicted molar refractivity (Wildman–Crippen MR) is 158 cm³/mol. The Morgan fingerprint density at radius 1 is 0.667 bits per heavy atom. The maximum absolute atomic E-state index is 5.04. The van der Waals surface area contributed by atoms with E-state index in [2.05, 4.69) is 142 Å². The molecule has 2 atom stereocenters. The minimum Gasteiger partial charge on any atom is -0.358 e. The van der Waals surface area contributed by atoms with Gasteiger partial charge in [-0.25, -0.2) is 9.13 Å². The summed E-state index contributed by atoms with van der Waals surface area (Å²) in [5.41, 5.74) is 7.54. The average Bonchev–Trinajstić information content (AvgIpc) is 3.52. The molecule has 2 unspecified atom stereocenters. The molecule has 6 rings (SSSR count). The van der Waals surface area contributed by atoms with Crippen molar-refractivity contribution in [1.82, 2.24) is 0 Å². The van der Waals surface area contributed by atoms with E-state index in [1.54, 1.807) is 0 Å². The summed E-state index contributed by atoms with van der Waals surface area (Å²) in [5.74, 6) is 0.726. The number of hydrogen-bond donors (Lipinski definition) is 1. The number of aromatic nitrogens is 2. The lowest BCUT2D eigenvalue weighted by Gasteiger charge is -2.12. The molecule has 0 fully saturated rings. The zero-order valence-electron chi connectivity index (χ0n) is 22.4. The normalized spacial score (nSPS) is 18.7. The van der Waals surface area contributed by atoms with Crippen LogP contribution in [0.5, 0.6) is 0 Å². The zero-order chi connectivity index (χ0) is 26.3. The minimum atomic E-state index is 0.340. The van der Waals surface area contributed by atoms with Gasteiger partial charge in [-0.15, -0.1) is 0 Å². The summed E-state index contributed by atoms with van der Waals surface area (Å²) < 4.78 is 4.53. The van der Waals surface area contributed by atoms with Gasteiger partial charge in [0.25, 0.3) is 0 Å². The Balaban J connectivity index is 1.16. The fraction of sp³-hybridized carbons (Fsp3) is 0.229. The van der Waals surface area contributed by atoms with Crippen molar-refractivity contribution in [3.05, 3.63) is 145 Å². The largest absolute Gasteiger partial charge is 0.358 e. The molecule has 0 aliphatic carbocycles. The van der Waals surface area contributed by atoms with Crippen LogP contribution >= 0.6 is 0 Å². The van der Waals surface area contributed by atoms with Gasteiger partial charge in [0, 0.05) is 66.0 Å². The fourth-order valence-electron chi connectivity index (χ4n) is 5.88. The first-order valence-electron chi connectivity index (χ1n) is 14.1. The van der Waals surface area contributed by atoms with Crippen LogP contribution in [0.3, 0.4) is 0 Å². The molecule has 0 saturated carbocycles. The number of nitrogens with one attached hydrogen (secondary N) is 1. The number of para-hydroxylation sites is 2. The maximum atomic E-state index is 5.04. The molecule has 4 nitrogen and oxygen atoms in total. The van der Waals surface area contributed by atoms with Gasteiger partial charge in [-0.05, 0) is 48.3 Å². The lowest BCUT2D eigenvalue weighted by molar-refractivity contribution is -0.697. The Kier molecular flexibility index (Phi) is 7.71. The van der Waals surface area contributed by atoms with Gasteiger partial charge in [-0.1, -0.05) is 54.6 Å². The fourth-order valence-corrected chi connectivity index (χ4v) is 5.88. The Morgan fingerprint density at radius 2 is 1.28 bits per heavy atom. The van der Waals surface area contributed by atoms with Crippen molar-refractivity contribution in [2.24, 2.45) is 4.99 Å². The molecule has 0 saturated heterocycles. The van der Waals surface area contributed by atoms with Crippen molar-refractivity contribution in [2.45, 2.75) is 50.6 Å². The van der Waals surface area contributed by atoms with E-state index in [9.17, 15) is 0 Å². The number of aliphatic imine (C=N–C) groups is 1. The Labute approximate surface area is 231 Å². The highest BCUT2D eigenvalue weighted by molar-refractivity contribution is 6.05. The van der Waals surface area contributed by atoms with Gasteiger partial charge < -0.3 is 5.32 Å². The SMILES string of the molecule is C(=CC1=Nc2ccccc2C1CCC[n+]1ccccc1)C=C1Nc2ccccc2C1CCC[n+]1ccccc1. The van der Waals surface area contributed by atoms with E-state index in [0.29, 0.717) is 11.8 Å². The number of rotatable bonds is 10. The second-order valence-corrected chi connectivity index (χ2v) is 10.4. The van der Waals surface area contributed by atoms with Gasteiger partial charge in [-0.3, -0.25) is 4.99 Å². The van der Waals surface area contributed by atoms with Gasteiger partial charge in [-0.2, -0.15) is 0 Å². The van der Waals surface area contributed by atoms with Crippen LogP contribution in [0.4, 0.5) is 11.4 Å². The molecule has 1 N–H and O–H groups in total. The van der Waals surface area contributed by atoms with Crippen molar-refractivity contribution in [3.8, 4) is 0 Å². The summed E-state index contributed by atoms with van der Waals surface area (Å²) in [6.07, 6.45) is 19.7. The van der Waals surface area contributed by atoms with Crippen LogP contribution in [0.1, 0.15) is 48.6 Å². The molecule has 0 bridgehead atoms. The standard InChI is InChI=1S/C35H36N4/c1-7-22-38(23-8-1)26-12-16-30-28-14-3-5-18-32(28)36-34(30)20-11-21-35-31(29-15-4-6-19-33(29)37-35)17-13-27-39-24-9-2-10-25-39/h1-11,14-15,18-25,30-31,36H,12-13,16-17,26-27H2/q+2. The summed E-state index contributed by atoms with van der Waals surface area (Å²) in [6.45, 7) is 2.05. The molecule has 2 aliphatic heterocycles. The van der Waals surface area contributed by atoms with Crippen LogP contribution in [0.15, 0.2) is 139 Å². The van der Waals surface area contributed by atoms with Gasteiger partial charge in [0.1, 0.15) is 13.1 Å². The third-order valence-corrected chi connectivity index (χ3v) is 7.82. The molecule has 39 heavy (non-hydrogen) atoms. The number of nitrogens with zero attached hydrogens (tertiary/aromatic N) is 3. The Bertz CT molecular complexity index is 1490. The van der Waals surface area contributed by atoms with Crippen LogP contribution < -0.4 is 14.5 Å². The molecule has 0 spiro atoms. The number of benzene rings is 2. The van der Waals surface area contributed by atoms with Gasteiger partial charge >= 0.3 is 0 Å². The summed E-state index contributed by atoms with van der Waals surface area (Å²) in [5, 5.41) is 3.70. The number of fused-ring (bicyclic) bond motifs is 2. The summed E-state index contributed by atoms with van der Waals surface area (Å²) in [7, 11) is 0. The monoisotopic (exact) mass is 512 g/mol. The first-order chi connectivity index (χ1) is 19.3. The Hall–Kier alpha value is -4.31. The highest BCUT2D eigenvalue weighted by atomic mass is 14.9. The van der Waals surface area contributed by atoms with E-state index >= 15 is 0 Å². The predicted octanol–water partition coefficient (Wildman–Crippen LogP) is 7.04. The maximum Gasteiger partial charge on any atom is 0.168 e. The minimum absolute atomic E-state index is 0.340. The number of hydrogen-bond acceptors (Lipinski definition) is 2. The zero-order valence-corrected chi connectivity index (χ0v) is 22.4.